The van der Waals surface area contributed by atoms with Crippen molar-refractivity contribution in [1.29, 1.82) is 0 Å². The van der Waals surface area contributed by atoms with Gasteiger partial charge in [0.15, 0.2) is 6.29 Å². The highest BCUT2D eigenvalue weighted by molar-refractivity contribution is 4.64. The van der Waals surface area contributed by atoms with E-state index in [9.17, 15) is 0 Å². The molecule has 80 valence electrons. The van der Waals surface area contributed by atoms with Crippen LogP contribution in [0.1, 0.15) is 13.3 Å². The number of nitrogens with one attached hydrogen (secondary N) is 1. The fourth-order valence-electron chi connectivity index (χ4n) is 1.05. The van der Waals surface area contributed by atoms with Gasteiger partial charge in [-0.15, -0.1) is 0 Å². The first-order valence-corrected chi connectivity index (χ1v) is 4.56. The summed E-state index contributed by atoms with van der Waals surface area (Å²) in [5, 5.41) is 3.30. The monoisotopic (exact) mass is 191 g/mol. The predicted octanol–water partition coefficient (Wildman–Crippen LogP) is 0.620. The lowest BCUT2D eigenvalue weighted by molar-refractivity contribution is -0.101. The van der Waals surface area contributed by atoms with E-state index in [1.165, 1.54) is 0 Å². The number of hydrogen-bond donors (Lipinski definition) is 1. The summed E-state index contributed by atoms with van der Waals surface area (Å²) in [7, 11) is 4.97. The van der Waals surface area contributed by atoms with Crippen molar-refractivity contribution in [2.45, 2.75) is 25.7 Å². The lowest BCUT2D eigenvalue weighted by atomic mass is 10.2. The number of ether oxygens (including phenoxy) is 3. The van der Waals surface area contributed by atoms with Gasteiger partial charge < -0.3 is 19.5 Å². The van der Waals surface area contributed by atoms with Gasteiger partial charge >= 0.3 is 0 Å². The molecule has 1 N–H and O–H groups in total. The fraction of sp³-hybridized carbons (Fsp3) is 1.00. The third-order valence-electron chi connectivity index (χ3n) is 1.96. The normalized spacial score (nSPS) is 13.6. The summed E-state index contributed by atoms with van der Waals surface area (Å²) in [6.45, 7) is 3.52. The second-order valence-corrected chi connectivity index (χ2v) is 2.87. The van der Waals surface area contributed by atoms with Crippen LogP contribution in [0.25, 0.3) is 0 Å². The molecule has 0 bridgehead atoms. The van der Waals surface area contributed by atoms with Crippen molar-refractivity contribution >= 4 is 0 Å². The molecular weight excluding hydrogens is 170 g/mol. The van der Waals surface area contributed by atoms with Gasteiger partial charge in [0, 0.05) is 33.9 Å². The standard InChI is InChI=1S/C9H21NO3/c1-5-8(7-11-2)10-6-9(12-3)13-4/h8-10H,5-7H2,1-4H3. The van der Waals surface area contributed by atoms with Gasteiger partial charge in [-0.2, -0.15) is 0 Å². The van der Waals surface area contributed by atoms with E-state index in [4.69, 9.17) is 14.2 Å². The van der Waals surface area contributed by atoms with Gasteiger partial charge in [-0.1, -0.05) is 6.92 Å². The van der Waals surface area contributed by atoms with E-state index in [1.54, 1.807) is 21.3 Å². The Hall–Kier alpha value is -0.160. The molecular formula is C9H21NO3. The van der Waals surface area contributed by atoms with Crippen molar-refractivity contribution in [3.63, 3.8) is 0 Å². The van der Waals surface area contributed by atoms with Crippen molar-refractivity contribution in [3.8, 4) is 0 Å². The topological polar surface area (TPSA) is 39.7 Å². The molecule has 0 rings (SSSR count). The molecule has 1 unspecified atom stereocenters. The number of rotatable bonds is 8. The van der Waals surface area contributed by atoms with Gasteiger partial charge in [0.05, 0.1) is 6.61 Å². The smallest absolute Gasteiger partial charge is 0.169 e. The van der Waals surface area contributed by atoms with Crippen LogP contribution < -0.4 is 5.32 Å². The van der Waals surface area contributed by atoms with Crippen LogP contribution in [-0.4, -0.2) is 46.8 Å². The minimum Gasteiger partial charge on any atom is -0.383 e. The summed E-state index contributed by atoms with van der Waals surface area (Å²) in [6, 6.07) is 0.373. The van der Waals surface area contributed by atoms with E-state index in [-0.39, 0.29) is 6.29 Å². The van der Waals surface area contributed by atoms with Crippen LogP contribution in [0.3, 0.4) is 0 Å². The van der Waals surface area contributed by atoms with E-state index >= 15 is 0 Å². The minimum absolute atomic E-state index is 0.175. The maximum atomic E-state index is 5.05. The number of hydrogen-bond acceptors (Lipinski definition) is 4. The Morgan fingerprint density at radius 3 is 2.15 bits per heavy atom. The molecule has 0 aliphatic rings. The first kappa shape index (κ1) is 12.8. The first-order chi connectivity index (χ1) is 6.28. The Labute approximate surface area is 80.5 Å². The molecule has 0 aromatic rings. The highest BCUT2D eigenvalue weighted by Crippen LogP contribution is 1.94. The van der Waals surface area contributed by atoms with Crippen LogP contribution in [0.4, 0.5) is 0 Å². The van der Waals surface area contributed by atoms with Crippen LogP contribution in [0.15, 0.2) is 0 Å². The lowest BCUT2D eigenvalue weighted by Crippen LogP contribution is -2.39. The average molecular weight is 191 g/mol. The zero-order valence-corrected chi connectivity index (χ0v) is 9.00. The van der Waals surface area contributed by atoms with Crippen LogP contribution in [0.5, 0.6) is 0 Å². The Kier molecular flexibility index (Phi) is 8.33. The Bertz CT molecular complexity index is 107. The molecule has 0 amide bonds. The molecule has 0 heterocycles. The first-order valence-electron chi connectivity index (χ1n) is 4.56. The zero-order chi connectivity index (χ0) is 10.1. The Morgan fingerprint density at radius 2 is 1.77 bits per heavy atom. The highest BCUT2D eigenvalue weighted by Gasteiger charge is 2.09. The van der Waals surface area contributed by atoms with Crippen molar-refractivity contribution in [2.75, 3.05) is 34.5 Å². The van der Waals surface area contributed by atoms with E-state index in [0.29, 0.717) is 12.6 Å². The largest absolute Gasteiger partial charge is 0.383 e. The minimum atomic E-state index is -0.175. The molecule has 0 aliphatic heterocycles. The second kappa shape index (κ2) is 8.44. The SMILES string of the molecule is CCC(COC)NCC(OC)OC. The number of methoxy groups -OCH3 is 3. The molecule has 0 radical (unpaired) electrons. The maximum Gasteiger partial charge on any atom is 0.169 e. The van der Waals surface area contributed by atoms with Crippen molar-refractivity contribution in [3.05, 3.63) is 0 Å². The average Bonchev–Trinajstić information content (AvgIpc) is 2.17. The maximum absolute atomic E-state index is 5.05. The van der Waals surface area contributed by atoms with Gasteiger partial charge in [-0.05, 0) is 6.42 Å². The summed E-state index contributed by atoms with van der Waals surface area (Å²) in [5.41, 5.74) is 0. The summed E-state index contributed by atoms with van der Waals surface area (Å²) in [5.74, 6) is 0. The summed E-state index contributed by atoms with van der Waals surface area (Å²) in [4.78, 5) is 0. The van der Waals surface area contributed by atoms with Crippen LogP contribution >= 0.6 is 0 Å². The van der Waals surface area contributed by atoms with E-state index in [2.05, 4.69) is 12.2 Å². The summed E-state index contributed by atoms with van der Waals surface area (Å²) >= 11 is 0. The second-order valence-electron chi connectivity index (χ2n) is 2.87. The van der Waals surface area contributed by atoms with Gasteiger partial charge in [0.25, 0.3) is 0 Å². The van der Waals surface area contributed by atoms with Gasteiger partial charge in [0.1, 0.15) is 0 Å². The zero-order valence-electron chi connectivity index (χ0n) is 9.00. The summed E-state index contributed by atoms with van der Waals surface area (Å²) in [6.07, 6.45) is 0.861. The molecule has 0 aromatic carbocycles. The van der Waals surface area contributed by atoms with Gasteiger partial charge in [-0.3, -0.25) is 0 Å². The predicted molar refractivity (Wildman–Crippen MR) is 51.8 cm³/mol. The Balaban J connectivity index is 3.56. The van der Waals surface area contributed by atoms with Gasteiger partial charge in [0.2, 0.25) is 0 Å². The van der Waals surface area contributed by atoms with Crippen LogP contribution in [0.2, 0.25) is 0 Å². The molecule has 4 nitrogen and oxygen atoms in total. The molecule has 0 spiro atoms. The quantitative estimate of drug-likeness (QED) is 0.571. The molecule has 1 atom stereocenters. The highest BCUT2D eigenvalue weighted by atomic mass is 16.7. The molecule has 0 saturated carbocycles. The van der Waals surface area contributed by atoms with Crippen molar-refractivity contribution < 1.29 is 14.2 Å². The van der Waals surface area contributed by atoms with Crippen molar-refractivity contribution in [1.82, 2.24) is 5.32 Å². The summed E-state index contributed by atoms with van der Waals surface area (Å²) < 4.78 is 15.1. The third kappa shape index (κ3) is 5.99. The van der Waals surface area contributed by atoms with Crippen LogP contribution in [-0.2, 0) is 14.2 Å². The third-order valence-corrected chi connectivity index (χ3v) is 1.96. The molecule has 13 heavy (non-hydrogen) atoms. The van der Waals surface area contributed by atoms with Crippen LogP contribution in [0, 0.1) is 0 Å². The van der Waals surface area contributed by atoms with E-state index in [1.807, 2.05) is 0 Å². The van der Waals surface area contributed by atoms with E-state index < -0.39 is 0 Å². The fourth-order valence-corrected chi connectivity index (χ4v) is 1.05. The molecule has 0 saturated heterocycles. The van der Waals surface area contributed by atoms with Crippen molar-refractivity contribution in [2.24, 2.45) is 0 Å². The lowest BCUT2D eigenvalue weighted by Gasteiger charge is -2.19. The Morgan fingerprint density at radius 1 is 1.15 bits per heavy atom. The molecule has 4 heteroatoms. The molecule has 0 aromatic heterocycles. The molecule has 0 aliphatic carbocycles. The molecule has 0 fully saturated rings. The van der Waals surface area contributed by atoms with Gasteiger partial charge in [-0.25, -0.2) is 0 Å². The van der Waals surface area contributed by atoms with E-state index in [0.717, 1.165) is 13.0 Å².